The molecule has 1 aromatic rings. The van der Waals surface area contributed by atoms with Gasteiger partial charge in [-0.15, -0.1) is 0 Å². The van der Waals surface area contributed by atoms with Gasteiger partial charge in [0.1, 0.15) is 5.69 Å². The first-order chi connectivity index (χ1) is 6.54. The van der Waals surface area contributed by atoms with Gasteiger partial charge >= 0.3 is 6.18 Å². The van der Waals surface area contributed by atoms with Gasteiger partial charge in [-0.3, -0.25) is 4.98 Å². The lowest BCUT2D eigenvalue weighted by Crippen LogP contribution is -2.07. The number of pyridine rings is 1. The van der Waals surface area contributed by atoms with Crippen molar-refractivity contribution in [2.24, 2.45) is 0 Å². The topological polar surface area (TPSA) is 12.9 Å². The molecule has 0 saturated carbocycles. The Hall–Kier alpha value is -0.330. The Morgan fingerprint density at radius 1 is 1.29 bits per heavy atom. The standard InChI is InChI=1S/C9H9F3IN/c10-9(11,12)8-4-3-7(6-14-8)2-1-5-13/h3-4,6H,1-2,5H2. The minimum absolute atomic E-state index is 0.786. The van der Waals surface area contributed by atoms with Crippen molar-refractivity contribution in [2.45, 2.75) is 19.0 Å². The Morgan fingerprint density at radius 3 is 2.43 bits per heavy atom. The molecule has 1 nitrogen and oxygen atoms in total. The van der Waals surface area contributed by atoms with Crippen molar-refractivity contribution in [3.05, 3.63) is 29.6 Å². The fraction of sp³-hybridized carbons (Fsp3) is 0.444. The second-order valence-corrected chi connectivity index (χ2v) is 3.92. The molecule has 0 aliphatic rings. The number of hydrogen-bond acceptors (Lipinski definition) is 1. The van der Waals surface area contributed by atoms with Crippen molar-refractivity contribution in [1.82, 2.24) is 4.98 Å². The molecule has 0 N–H and O–H groups in total. The molecule has 0 aromatic carbocycles. The zero-order valence-corrected chi connectivity index (χ0v) is 9.47. The van der Waals surface area contributed by atoms with E-state index in [1.807, 2.05) is 0 Å². The van der Waals surface area contributed by atoms with Crippen LogP contribution in [0.5, 0.6) is 0 Å². The molecule has 0 fully saturated rings. The highest BCUT2D eigenvalue weighted by Gasteiger charge is 2.31. The summed E-state index contributed by atoms with van der Waals surface area (Å²) in [5.41, 5.74) is 0.0328. The van der Waals surface area contributed by atoms with E-state index in [1.54, 1.807) is 0 Å². The van der Waals surface area contributed by atoms with Crippen LogP contribution in [0.15, 0.2) is 18.3 Å². The largest absolute Gasteiger partial charge is 0.433 e. The van der Waals surface area contributed by atoms with Crippen LogP contribution in [0.3, 0.4) is 0 Å². The zero-order chi connectivity index (χ0) is 10.6. The number of rotatable bonds is 3. The first kappa shape index (κ1) is 11.7. The molecule has 0 unspecified atom stereocenters. The van der Waals surface area contributed by atoms with E-state index >= 15 is 0 Å². The number of aryl methyl sites for hydroxylation is 1. The lowest BCUT2D eigenvalue weighted by Gasteiger charge is -2.05. The number of halogens is 4. The maximum atomic E-state index is 12.1. The van der Waals surface area contributed by atoms with Crippen LogP contribution in [0.4, 0.5) is 13.2 Å². The van der Waals surface area contributed by atoms with Gasteiger partial charge in [-0.2, -0.15) is 13.2 Å². The van der Waals surface area contributed by atoms with Gasteiger partial charge in [0.25, 0.3) is 0 Å². The third kappa shape index (κ3) is 3.43. The van der Waals surface area contributed by atoms with Crippen LogP contribution >= 0.6 is 22.6 Å². The summed E-state index contributed by atoms with van der Waals surface area (Å²) < 4.78 is 37.3. The SMILES string of the molecule is FC(F)(F)c1ccc(CCCI)cn1. The van der Waals surface area contributed by atoms with Crippen LogP contribution in [0.2, 0.25) is 0 Å². The average molecular weight is 315 g/mol. The van der Waals surface area contributed by atoms with Crippen molar-refractivity contribution < 1.29 is 13.2 Å². The highest BCUT2D eigenvalue weighted by molar-refractivity contribution is 14.1. The Labute approximate surface area is 93.9 Å². The molecule has 78 valence electrons. The van der Waals surface area contributed by atoms with Crippen molar-refractivity contribution in [2.75, 3.05) is 4.43 Å². The molecule has 0 radical (unpaired) electrons. The number of hydrogen-bond donors (Lipinski definition) is 0. The van der Waals surface area contributed by atoms with Crippen LogP contribution < -0.4 is 0 Å². The monoisotopic (exact) mass is 315 g/mol. The van der Waals surface area contributed by atoms with Gasteiger partial charge in [0.05, 0.1) is 0 Å². The summed E-state index contributed by atoms with van der Waals surface area (Å²) in [4.78, 5) is 3.38. The molecule has 1 aromatic heterocycles. The van der Waals surface area contributed by atoms with Gasteiger partial charge in [-0.25, -0.2) is 0 Å². The molecule has 0 aliphatic heterocycles. The normalized spacial score (nSPS) is 11.7. The fourth-order valence-electron chi connectivity index (χ4n) is 1.01. The lowest BCUT2D eigenvalue weighted by atomic mass is 10.1. The molecule has 0 atom stereocenters. The predicted octanol–water partition coefficient (Wildman–Crippen LogP) is 3.47. The summed E-state index contributed by atoms with van der Waals surface area (Å²) in [6.45, 7) is 0. The molecule has 1 rings (SSSR count). The summed E-state index contributed by atoms with van der Waals surface area (Å²) in [6.07, 6.45) is -1.28. The smallest absolute Gasteiger partial charge is 0.252 e. The van der Waals surface area contributed by atoms with E-state index in [2.05, 4.69) is 27.6 Å². The summed E-state index contributed by atoms with van der Waals surface area (Å²) in [5.74, 6) is 0. The molecular formula is C9H9F3IN. The van der Waals surface area contributed by atoms with Gasteiger partial charge in [0.15, 0.2) is 0 Å². The van der Waals surface area contributed by atoms with E-state index in [0.717, 1.165) is 28.9 Å². The van der Waals surface area contributed by atoms with E-state index in [9.17, 15) is 13.2 Å². The van der Waals surface area contributed by atoms with Crippen LogP contribution in [0.1, 0.15) is 17.7 Å². The molecule has 0 saturated heterocycles. The number of aromatic nitrogens is 1. The highest BCUT2D eigenvalue weighted by atomic mass is 127. The Morgan fingerprint density at radius 2 is 2.00 bits per heavy atom. The van der Waals surface area contributed by atoms with Crippen LogP contribution in [0.25, 0.3) is 0 Å². The molecule has 0 spiro atoms. The molecule has 0 bridgehead atoms. The summed E-state index contributed by atoms with van der Waals surface area (Å²) in [5, 5.41) is 0. The second-order valence-electron chi connectivity index (χ2n) is 2.84. The number of nitrogens with zero attached hydrogens (tertiary/aromatic N) is 1. The van der Waals surface area contributed by atoms with Crippen molar-refractivity contribution in [3.8, 4) is 0 Å². The molecule has 1 heterocycles. The molecule has 14 heavy (non-hydrogen) atoms. The van der Waals surface area contributed by atoms with Gasteiger partial charge in [-0.1, -0.05) is 28.7 Å². The van der Waals surface area contributed by atoms with E-state index in [1.165, 1.54) is 12.3 Å². The van der Waals surface area contributed by atoms with Gasteiger partial charge in [0.2, 0.25) is 0 Å². The van der Waals surface area contributed by atoms with E-state index in [-0.39, 0.29) is 0 Å². The summed E-state index contributed by atoms with van der Waals surface area (Å²) >= 11 is 2.23. The van der Waals surface area contributed by atoms with Crippen molar-refractivity contribution in [1.29, 1.82) is 0 Å². The van der Waals surface area contributed by atoms with Gasteiger partial charge in [0, 0.05) is 6.20 Å². The first-order valence-corrected chi connectivity index (χ1v) is 5.64. The first-order valence-electron chi connectivity index (χ1n) is 4.12. The van der Waals surface area contributed by atoms with E-state index in [4.69, 9.17) is 0 Å². The van der Waals surface area contributed by atoms with Gasteiger partial charge in [-0.05, 0) is 28.9 Å². The predicted molar refractivity (Wildman–Crippen MR) is 56.4 cm³/mol. The maximum absolute atomic E-state index is 12.1. The Kier molecular flexibility index (Phi) is 4.15. The third-order valence-corrected chi connectivity index (χ3v) is 2.48. The molecule has 0 aliphatic carbocycles. The summed E-state index contributed by atoms with van der Waals surface area (Å²) in [7, 11) is 0. The molecule has 0 amide bonds. The molecule has 5 heteroatoms. The van der Waals surface area contributed by atoms with Crippen LogP contribution in [0, 0.1) is 0 Å². The Bertz CT molecular complexity index is 281. The lowest BCUT2D eigenvalue weighted by molar-refractivity contribution is -0.141. The third-order valence-electron chi connectivity index (χ3n) is 1.71. The van der Waals surface area contributed by atoms with E-state index in [0.29, 0.717) is 0 Å². The highest BCUT2D eigenvalue weighted by Crippen LogP contribution is 2.27. The average Bonchev–Trinajstić information content (AvgIpc) is 2.14. The van der Waals surface area contributed by atoms with Crippen molar-refractivity contribution in [3.63, 3.8) is 0 Å². The van der Waals surface area contributed by atoms with Gasteiger partial charge < -0.3 is 0 Å². The van der Waals surface area contributed by atoms with E-state index < -0.39 is 11.9 Å². The minimum Gasteiger partial charge on any atom is -0.252 e. The second kappa shape index (κ2) is 4.95. The fourth-order valence-corrected chi connectivity index (χ4v) is 1.39. The maximum Gasteiger partial charge on any atom is 0.433 e. The molecular weight excluding hydrogens is 306 g/mol. The Balaban J connectivity index is 2.69. The quantitative estimate of drug-likeness (QED) is 0.615. The number of alkyl halides is 4. The zero-order valence-electron chi connectivity index (χ0n) is 7.31. The van der Waals surface area contributed by atoms with Crippen molar-refractivity contribution >= 4 is 22.6 Å². The minimum atomic E-state index is -4.33. The van der Waals surface area contributed by atoms with Crippen LogP contribution in [-0.4, -0.2) is 9.41 Å². The summed E-state index contributed by atoms with van der Waals surface area (Å²) in [6, 6.07) is 2.52. The van der Waals surface area contributed by atoms with Crippen LogP contribution in [-0.2, 0) is 12.6 Å².